The number of benzene rings is 1. The van der Waals surface area contributed by atoms with E-state index in [-0.39, 0.29) is 24.4 Å². The normalized spacial score (nSPS) is 10.9. The Morgan fingerprint density at radius 2 is 2.00 bits per heavy atom. The van der Waals surface area contributed by atoms with Crippen LogP contribution < -0.4 is 15.6 Å². The van der Waals surface area contributed by atoms with Crippen molar-refractivity contribution in [2.24, 2.45) is 0 Å². The Kier molecular flexibility index (Phi) is 5.06. The lowest BCUT2D eigenvalue weighted by atomic mass is 10.2. The second-order valence-electron chi connectivity index (χ2n) is 5.96. The number of anilines is 1. The minimum Gasteiger partial charge on any atom is -0.494 e. The molecular formula is C19H21N3O4. The first kappa shape index (κ1) is 17.7. The third-order valence-electron chi connectivity index (χ3n) is 4.18. The predicted molar refractivity (Wildman–Crippen MR) is 98.6 cm³/mol. The topological polar surface area (TPSA) is 86.4 Å². The Balaban J connectivity index is 1.66. The molecule has 1 N–H and O–H groups in total. The van der Waals surface area contributed by atoms with E-state index in [0.29, 0.717) is 29.2 Å². The monoisotopic (exact) mass is 355 g/mol. The quantitative estimate of drug-likeness (QED) is 0.734. The van der Waals surface area contributed by atoms with E-state index in [1.54, 1.807) is 31.2 Å². The van der Waals surface area contributed by atoms with E-state index >= 15 is 0 Å². The molecule has 7 heteroatoms. The summed E-state index contributed by atoms with van der Waals surface area (Å²) < 4.78 is 12.3. The molecule has 0 atom stereocenters. The van der Waals surface area contributed by atoms with Gasteiger partial charge in [-0.15, -0.1) is 0 Å². The predicted octanol–water partition coefficient (Wildman–Crippen LogP) is 3.03. The summed E-state index contributed by atoms with van der Waals surface area (Å²) in [4.78, 5) is 28.9. The highest BCUT2D eigenvalue weighted by Gasteiger charge is 2.14. The SMILES string of the molecule is CCOc1ccc(NC(=O)CCn2cnc3oc(C)c(C)c3c2=O)cc1. The molecule has 0 fully saturated rings. The van der Waals surface area contributed by atoms with Crippen LogP contribution in [-0.4, -0.2) is 22.1 Å². The summed E-state index contributed by atoms with van der Waals surface area (Å²) in [6.07, 6.45) is 1.58. The number of rotatable bonds is 6. The lowest BCUT2D eigenvalue weighted by molar-refractivity contribution is -0.116. The van der Waals surface area contributed by atoms with E-state index in [0.717, 1.165) is 11.3 Å². The number of nitrogens with zero attached hydrogens (tertiary/aromatic N) is 2. The van der Waals surface area contributed by atoms with Crippen LogP contribution >= 0.6 is 0 Å². The van der Waals surface area contributed by atoms with Crippen molar-refractivity contribution in [2.45, 2.75) is 33.7 Å². The van der Waals surface area contributed by atoms with Gasteiger partial charge in [-0.1, -0.05) is 0 Å². The molecular weight excluding hydrogens is 334 g/mol. The molecule has 3 aromatic rings. The summed E-state index contributed by atoms with van der Waals surface area (Å²) in [6, 6.07) is 7.15. The summed E-state index contributed by atoms with van der Waals surface area (Å²) in [7, 11) is 0. The molecule has 0 aliphatic heterocycles. The molecule has 1 aromatic carbocycles. The maximum atomic E-state index is 12.5. The fraction of sp³-hybridized carbons (Fsp3) is 0.316. The second-order valence-corrected chi connectivity index (χ2v) is 5.96. The van der Waals surface area contributed by atoms with Crippen LogP contribution in [0, 0.1) is 13.8 Å². The number of nitrogens with one attached hydrogen (secondary N) is 1. The van der Waals surface area contributed by atoms with Crippen molar-refractivity contribution in [1.82, 2.24) is 9.55 Å². The fourth-order valence-corrected chi connectivity index (χ4v) is 2.68. The summed E-state index contributed by atoms with van der Waals surface area (Å²) in [5, 5.41) is 3.27. The van der Waals surface area contributed by atoms with Crippen LogP contribution in [-0.2, 0) is 11.3 Å². The summed E-state index contributed by atoms with van der Waals surface area (Å²) in [5.74, 6) is 1.25. The molecule has 0 aliphatic rings. The zero-order valence-corrected chi connectivity index (χ0v) is 15.0. The number of aromatic nitrogens is 2. The van der Waals surface area contributed by atoms with Crippen molar-refractivity contribution < 1.29 is 13.9 Å². The lowest BCUT2D eigenvalue weighted by Gasteiger charge is -2.08. The van der Waals surface area contributed by atoms with Crippen LogP contribution in [0.4, 0.5) is 5.69 Å². The van der Waals surface area contributed by atoms with Gasteiger partial charge in [0.15, 0.2) is 0 Å². The van der Waals surface area contributed by atoms with Gasteiger partial charge >= 0.3 is 0 Å². The third kappa shape index (κ3) is 3.61. The Bertz CT molecular complexity index is 986. The standard InChI is InChI=1S/C19H21N3O4/c1-4-25-15-7-5-14(6-8-15)21-16(23)9-10-22-11-20-18-17(19(22)24)12(2)13(3)26-18/h5-8,11H,4,9-10H2,1-3H3,(H,21,23). The van der Waals surface area contributed by atoms with Gasteiger partial charge in [-0.25, -0.2) is 4.98 Å². The smallest absolute Gasteiger partial charge is 0.264 e. The van der Waals surface area contributed by atoms with Gasteiger partial charge in [0.2, 0.25) is 11.6 Å². The van der Waals surface area contributed by atoms with Crippen molar-refractivity contribution in [3.8, 4) is 5.75 Å². The minimum atomic E-state index is -0.196. The molecule has 0 saturated heterocycles. The van der Waals surface area contributed by atoms with Gasteiger partial charge in [0.05, 0.1) is 6.61 Å². The molecule has 2 heterocycles. The molecule has 3 rings (SSSR count). The van der Waals surface area contributed by atoms with Gasteiger partial charge < -0.3 is 14.5 Å². The molecule has 0 aliphatic carbocycles. The number of hydrogen-bond acceptors (Lipinski definition) is 5. The number of carbonyl (C=O) groups is 1. The Morgan fingerprint density at radius 3 is 2.69 bits per heavy atom. The highest BCUT2D eigenvalue weighted by atomic mass is 16.5. The fourth-order valence-electron chi connectivity index (χ4n) is 2.68. The number of fused-ring (bicyclic) bond motifs is 1. The first-order valence-corrected chi connectivity index (χ1v) is 8.47. The van der Waals surface area contributed by atoms with Crippen molar-refractivity contribution >= 4 is 22.7 Å². The van der Waals surface area contributed by atoms with Gasteiger partial charge in [-0.3, -0.25) is 14.2 Å². The average molecular weight is 355 g/mol. The number of carbonyl (C=O) groups excluding carboxylic acids is 1. The van der Waals surface area contributed by atoms with E-state index in [1.165, 1.54) is 10.9 Å². The van der Waals surface area contributed by atoms with E-state index in [4.69, 9.17) is 9.15 Å². The van der Waals surface area contributed by atoms with E-state index in [1.807, 2.05) is 13.8 Å². The maximum absolute atomic E-state index is 12.5. The third-order valence-corrected chi connectivity index (χ3v) is 4.18. The zero-order chi connectivity index (χ0) is 18.7. The molecule has 0 saturated carbocycles. The molecule has 0 unspecified atom stereocenters. The van der Waals surface area contributed by atoms with Gasteiger partial charge in [0.25, 0.3) is 5.56 Å². The van der Waals surface area contributed by atoms with Crippen molar-refractivity contribution in [3.05, 3.63) is 52.3 Å². The van der Waals surface area contributed by atoms with Crippen molar-refractivity contribution in [3.63, 3.8) is 0 Å². The first-order valence-electron chi connectivity index (χ1n) is 8.47. The van der Waals surface area contributed by atoms with Gasteiger partial charge in [-0.05, 0) is 45.0 Å². The summed E-state index contributed by atoms with van der Waals surface area (Å²) in [5.41, 5.74) is 1.60. The molecule has 1 amide bonds. The van der Waals surface area contributed by atoms with E-state index in [2.05, 4.69) is 10.3 Å². The second kappa shape index (κ2) is 7.43. The van der Waals surface area contributed by atoms with Crippen LogP contribution in [0.15, 0.2) is 39.8 Å². The van der Waals surface area contributed by atoms with Gasteiger partial charge in [-0.2, -0.15) is 0 Å². The Morgan fingerprint density at radius 1 is 1.27 bits per heavy atom. The average Bonchev–Trinajstić information content (AvgIpc) is 2.91. The molecule has 136 valence electrons. The van der Waals surface area contributed by atoms with E-state index < -0.39 is 0 Å². The van der Waals surface area contributed by atoms with Crippen LogP contribution in [0.5, 0.6) is 5.75 Å². The molecule has 0 bridgehead atoms. The molecule has 7 nitrogen and oxygen atoms in total. The largest absolute Gasteiger partial charge is 0.494 e. The molecule has 0 radical (unpaired) electrons. The first-order chi connectivity index (χ1) is 12.5. The van der Waals surface area contributed by atoms with Gasteiger partial charge in [0.1, 0.15) is 23.2 Å². The number of aryl methyl sites for hydroxylation is 3. The van der Waals surface area contributed by atoms with Crippen LogP contribution in [0.3, 0.4) is 0 Å². The lowest BCUT2D eigenvalue weighted by Crippen LogP contribution is -2.23. The van der Waals surface area contributed by atoms with Crippen molar-refractivity contribution in [1.29, 1.82) is 0 Å². The number of furan rings is 1. The summed E-state index contributed by atoms with van der Waals surface area (Å²) >= 11 is 0. The van der Waals surface area contributed by atoms with Crippen molar-refractivity contribution in [2.75, 3.05) is 11.9 Å². The number of ether oxygens (including phenoxy) is 1. The van der Waals surface area contributed by atoms with Crippen LogP contribution in [0.1, 0.15) is 24.7 Å². The van der Waals surface area contributed by atoms with Gasteiger partial charge in [0, 0.05) is 24.2 Å². The maximum Gasteiger partial charge on any atom is 0.264 e. The van der Waals surface area contributed by atoms with Crippen LogP contribution in [0.2, 0.25) is 0 Å². The zero-order valence-electron chi connectivity index (χ0n) is 15.0. The Labute approximate surface area is 150 Å². The number of amides is 1. The minimum absolute atomic E-state index is 0.163. The highest BCUT2D eigenvalue weighted by Crippen LogP contribution is 2.19. The molecule has 0 spiro atoms. The number of hydrogen-bond donors (Lipinski definition) is 1. The van der Waals surface area contributed by atoms with Crippen LogP contribution in [0.25, 0.3) is 11.1 Å². The molecule has 26 heavy (non-hydrogen) atoms. The Hall–Kier alpha value is -3.09. The highest BCUT2D eigenvalue weighted by molar-refractivity contribution is 5.90. The van der Waals surface area contributed by atoms with E-state index in [9.17, 15) is 9.59 Å². The molecule has 2 aromatic heterocycles. The summed E-state index contributed by atoms with van der Waals surface area (Å²) in [6.45, 7) is 6.37.